The summed E-state index contributed by atoms with van der Waals surface area (Å²) < 4.78 is 39.9. The van der Waals surface area contributed by atoms with Gasteiger partial charge in [-0.25, -0.2) is 4.79 Å². The van der Waals surface area contributed by atoms with Crippen molar-refractivity contribution in [2.45, 2.75) is 13.3 Å². The minimum Gasteiger partial charge on any atom is -0.478 e. The number of benzene rings is 2. The number of alkyl halides is 3. The van der Waals surface area contributed by atoms with Gasteiger partial charge in [-0.15, -0.1) is 25.6 Å². The molecule has 0 fully saturated rings. The highest BCUT2D eigenvalue weighted by Gasteiger charge is 2.34. The molecule has 0 saturated carbocycles. The number of para-hydroxylation sites is 1. The number of ether oxygens (including phenoxy) is 1. The van der Waals surface area contributed by atoms with E-state index in [-0.39, 0.29) is 12.4 Å². The smallest absolute Gasteiger partial charge is 0.478 e. The number of halogens is 4. The van der Waals surface area contributed by atoms with Crippen molar-refractivity contribution >= 4 is 24.2 Å². The molecule has 0 aliphatic carbocycles. The van der Waals surface area contributed by atoms with Gasteiger partial charge in [0.1, 0.15) is 5.56 Å². The molecule has 0 bridgehead atoms. The lowest BCUT2D eigenvalue weighted by atomic mass is 10.1. The number of carbonyl (C=O) groups excluding carboxylic acids is 1. The van der Waals surface area contributed by atoms with Crippen molar-refractivity contribution in [1.82, 2.24) is 0 Å². The lowest BCUT2D eigenvalue weighted by Crippen LogP contribution is -2.21. The SMILES string of the molecule is CC(=O)c1cccc(C(=O)O)c1OC(F)(F)F.Cl.c1ccccc1. The fourth-order valence-corrected chi connectivity index (χ4v) is 1.59. The maximum absolute atomic E-state index is 12.1. The van der Waals surface area contributed by atoms with Crippen molar-refractivity contribution < 1.29 is 32.6 Å². The number of hydrogen-bond donors (Lipinski definition) is 1. The summed E-state index contributed by atoms with van der Waals surface area (Å²) in [4.78, 5) is 21.8. The number of carbonyl (C=O) groups is 2. The number of ketones is 1. The van der Waals surface area contributed by atoms with Crippen LogP contribution in [0.5, 0.6) is 5.75 Å². The van der Waals surface area contributed by atoms with Crippen molar-refractivity contribution in [2.24, 2.45) is 0 Å². The highest BCUT2D eigenvalue weighted by atomic mass is 35.5. The van der Waals surface area contributed by atoms with Crippen molar-refractivity contribution in [2.75, 3.05) is 0 Å². The molecular weight excluding hydrogens is 349 g/mol. The van der Waals surface area contributed by atoms with Crippen LogP contribution in [-0.4, -0.2) is 23.2 Å². The zero-order valence-corrected chi connectivity index (χ0v) is 13.2. The topological polar surface area (TPSA) is 63.6 Å². The third-order valence-corrected chi connectivity index (χ3v) is 2.51. The molecule has 4 nitrogen and oxygen atoms in total. The van der Waals surface area contributed by atoms with Gasteiger partial charge in [-0.05, 0) is 19.1 Å². The van der Waals surface area contributed by atoms with Crippen LogP contribution in [0.3, 0.4) is 0 Å². The first-order valence-electron chi connectivity index (χ1n) is 6.35. The Morgan fingerprint density at radius 3 is 1.67 bits per heavy atom. The normalized spacial score (nSPS) is 9.83. The number of hydrogen-bond acceptors (Lipinski definition) is 3. The predicted molar refractivity (Wildman–Crippen MR) is 83.8 cm³/mol. The monoisotopic (exact) mass is 362 g/mol. The fraction of sp³-hybridized carbons (Fsp3) is 0.125. The van der Waals surface area contributed by atoms with E-state index >= 15 is 0 Å². The third-order valence-electron chi connectivity index (χ3n) is 2.51. The summed E-state index contributed by atoms with van der Waals surface area (Å²) in [6.07, 6.45) is -5.06. The summed E-state index contributed by atoms with van der Waals surface area (Å²) in [6.45, 7) is 1.02. The molecule has 0 aliphatic rings. The number of Topliss-reactive ketones (excluding diaryl/α,β-unsaturated/α-hetero) is 1. The van der Waals surface area contributed by atoms with E-state index in [9.17, 15) is 22.8 Å². The second kappa shape index (κ2) is 9.57. The minimum atomic E-state index is -5.06. The second-order valence-electron chi connectivity index (χ2n) is 4.25. The molecule has 0 aliphatic heterocycles. The van der Waals surface area contributed by atoms with Crippen molar-refractivity contribution in [3.05, 3.63) is 65.7 Å². The van der Waals surface area contributed by atoms with Crippen molar-refractivity contribution in [1.29, 1.82) is 0 Å². The van der Waals surface area contributed by atoms with Gasteiger partial charge < -0.3 is 9.84 Å². The van der Waals surface area contributed by atoms with Gasteiger partial charge >= 0.3 is 12.3 Å². The van der Waals surface area contributed by atoms with Crippen LogP contribution in [0, 0.1) is 0 Å². The second-order valence-corrected chi connectivity index (χ2v) is 4.25. The molecular formula is C16H14ClF3O4. The molecule has 0 spiro atoms. The molecule has 0 radical (unpaired) electrons. The summed E-state index contributed by atoms with van der Waals surface area (Å²) in [5.74, 6) is -3.31. The van der Waals surface area contributed by atoms with Crippen LogP contribution in [0.25, 0.3) is 0 Å². The van der Waals surface area contributed by atoms with Gasteiger partial charge in [-0.3, -0.25) is 4.79 Å². The average molecular weight is 363 g/mol. The predicted octanol–water partition coefficient (Wildman–Crippen LogP) is 4.59. The Morgan fingerprint density at radius 1 is 0.917 bits per heavy atom. The number of carboxylic acids is 1. The lowest BCUT2D eigenvalue weighted by Gasteiger charge is -2.13. The van der Waals surface area contributed by atoms with E-state index in [2.05, 4.69) is 4.74 Å². The van der Waals surface area contributed by atoms with E-state index in [1.807, 2.05) is 36.4 Å². The summed E-state index contributed by atoms with van der Waals surface area (Å²) >= 11 is 0. The van der Waals surface area contributed by atoms with E-state index in [4.69, 9.17) is 5.11 Å². The van der Waals surface area contributed by atoms with E-state index in [0.717, 1.165) is 19.1 Å². The summed E-state index contributed by atoms with van der Waals surface area (Å²) in [6, 6.07) is 15.2. The molecule has 2 aromatic rings. The standard InChI is InChI=1S/C10H7F3O4.C6H6.ClH/c1-5(14)6-3-2-4-7(9(15)16)8(6)17-10(11,12)13;1-2-4-6-5-3-1;/h2-4H,1H3,(H,15,16);1-6H;1H. The van der Waals surface area contributed by atoms with E-state index in [0.29, 0.717) is 0 Å². The van der Waals surface area contributed by atoms with Gasteiger partial charge in [-0.1, -0.05) is 42.5 Å². The van der Waals surface area contributed by atoms with Crippen LogP contribution in [0.2, 0.25) is 0 Å². The molecule has 24 heavy (non-hydrogen) atoms. The van der Waals surface area contributed by atoms with Gasteiger partial charge in [0, 0.05) is 0 Å². The Kier molecular flexibility index (Phi) is 8.55. The van der Waals surface area contributed by atoms with Crippen LogP contribution in [0.15, 0.2) is 54.6 Å². The minimum absolute atomic E-state index is 0. The van der Waals surface area contributed by atoms with E-state index < -0.39 is 35.0 Å². The molecule has 1 N–H and O–H groups in total. The highest BCUT2D eigenvalue weighted by molar-refractivity contribution is 6.01. The first-order valence-corrected chi connectivity index (χ1v) is 6.35. The maximum atomic E-state index is 12.1. The summed E-state index contributed by atoms with van der Waals surface area (Å²) in [7, 11) is 0. The van der Waals surface area contributed by atoms with Crippen LogP contribution in [0.4, 0.5) is 13.2 Å². The van der Waals surface area contributed by atoms with E-state index in [1.54, 1.807) is 0 Å². The molecule has 8 heteroatoms. The quantitative estimate of drug-likeness (QED) is 0.811. The Morgan fingerprint density at radius 2 is 1.33 bits per heavy atom. The number of aromatic carboxylic acids is 1. The van der Waals surface area contributed by atoms with Gasteiger partial charge in [0.15, 0.2) is 11.5 Å². The van der Waals surface area contributed by atoms with Crippen LogP contribution < -0.4 is 4.74 Å². The Bertz CT molecular complexity index is 614. The van der Waals surface area contributed by atoms with E-state index in [1.165, 1.54) is 6.07 Å². The van der Waals surface area contributed by atoms with Gasteiger partial charge in [0.05, 0.1) is 5.56 Å². The largest absolute Gasteiger partial charge is 0.573 e. The van der Waals surface area contributed by atoms with Crippen LogP contribution in [0.1, 0.15) is 27.6 Å². The fourth-order valence-electron chi connectivity index (χ4n) is 1.59. The molecule has 130 valence electrons. The molecule has 2 rings (SSSR count). The third kappa shape index (κ3) is 7.15. The Balaban J connectivity index is 0.000000635. The number of rotatable bonds is 3. The van der Waals surface area contributed by atoms with Crippen molar-refractivity contribution in [3.8, 4) is 5.75 Å². The first-order chi connectivity index (χ1) is 10.7. The number of carboxylic acid groups (broad SMARTS) is 1. The highest BCUT2D eigenvalue weighted by Crippen LogP contribution is 2.30. The molecule has 0 heterocycles. The maximum Gasteiger partial charge on any atom is 0.573 e. The molecule has 0 atom stereocenters. The molecule has 0 saturated heterocycles. The first kappa shape index (κ1) is 21.5. The van der Waals surface area contributed by atoms with Crippen LogP contribution >= 0.6 is 12.4 Å². The van der Waals surface area contributed by atoms with Gasteiger partial charge in [0.25, 0.3) is 0 Å². The summed E-state index contributed by atoms with van der Waals surface area (Å²) in [5.41, 5.74) is -1.14. The Labute approximate surface area is 142 Å². The average Bonchev–Trinajstić information content (AvgIpc) is 2.47. The van der Waals surface area contributed by atoms with Crippen LogP contribution in [-0.2, 0) is 0 Å². The molecule has 0 unspecified atom stereocenters. The zero-order chi connectivity index (χ0) is 17.5. The molecule has 0 aromatic heterocycles. The van der Waals surface area contributed by atoms with Gasteiger partial charge in [0.2, 0.25) is 0 Å². The van der Waals surface area contributed by atoms with Crippen molar-refractivity contribution in [3.63, 3.8) is 0 Å². The molecule has 2 aromatic carbocycles. The Hall–Kier alpha value is -2.54. The molecule has 0 amide bonds. The zero-order valence-electron chi connectivity index (χ0n) is 12.4. The lowest BCUT2D eigenvalue weighted by molar-refractivity contribution is -0.274. The van der Waals surface area contributed by atoms with Gasteiger partial charge in [-0.2, -0.15) is 0 Å². The summed E-state index contributed by atoms with van der Waals surface area (Å²) in [5, 5.41) is 8.71.